The van der Waals surface area contributed by atoms with Crippen LogP contribution in [0.2, 0.25) is 10.0 Å². The van der Waals surface area contributed by atoms with Gasteiger partial charge in [0.05, 0.1) is 15.7 Å². The summed E-state index contributed by atoms with van der Waals surface area (Å²) in [4.78, 5) is 26.7. The fourth-order valence-electron chi connectivity index (χ4n) is 3.23. The Morgan fingerprint density at radius 2 is 1.67 bits per heavy atom. The van der Waals surface area contributed by atoms with E-state index in [-0.39, 0.29) is 23.7 Å². The number of benzene rings is 1. The summed E-state index contributed by atoms with van der Waals surface area (Å²) in [6, 6.07) is 5.18. The van der Waals surface area contributed by atoms with Crippen molar-refractivity contribution < 1.29 is 9.59 Å². The summed E-state index contributed by atoms with van der Waals surface area (Å²) < 4.78 is 0. The van der Waals surface area contributed by atoms with Crippen molar-refractivity contribution in [1.82, 2.24) is 4.90 Å². The predicted molar refractivity (Wildman–Crippen MR) is 98.5 cm³/mol. The van der Waals surface area contributed by atoms with Crippen molar-refractivity contribution in [2.24, 2.45) is 11.8 Å². The first-order chi connectivity index (χ1) is 11.5. The number of hydrogen-bond acceptors (Lipinski definition) is 2. The maximum Gasteiger partial charge on any atom is 0.227 e. The maximum absolute atomic E-state index is 12.4. The molecule has 132 valence electrons. The number of hydrogen-bond donors (Lipinski definition) is 1. The first-order valence-electron chi connectivity index (χ1n) is 8.51. The second kappa shape index (κ2) is 8.72. The predicted octanol–water partition coefficient (Wildman–Crippen LogP) is 4.61. The fraction of sp³-hybridized carbons (Fsp3) is 0.556. The summed E-state index contributed by atoms with van der Waals surface area (Å²) in [6.07, 6.45) is 2.97. The molecule has 0 spiro atoms. The average molecular weight is 371 g/mol. The van der Waals surface area contributed by atoms with E-state index in [1.54, 1.807) is 18.2 Å². The van der Waals surface area contributed by atoms with E-state index >= 15 is 0 Å². The SMILES string of the molecule is CCN(CC)C(=O)C1CCC(C(=O)Nc2cccc(Cl)c2Cl)CC1. The van der Waals surface area contributed by atoms with Crippen LogP contribution in [0.5, 0.6) is 0 Å². The molecule has 4 nitrogen and oxygen atoms in total. The molecule has 1 aromatic carbocycles. The van der Waals surface area contributed by atoms with Gasteiger partial charge in [-0.25, -0.2) is 0 Å². The largest absolute Gasteiger partial charge is 0.343 e. The van der Waals surface area contributed by atoms with Gasteiger partial charge in [0.15, 0.2) is 0 Å². The molecule has 1 aliphatic rings. The van der Waals surface area contributed by atoms with Crippen molar-refractivity contribution in [2.45, 2.75) is 39.5 Å². The van der Waals surface area contributed by atoms with Crippen LogP contribution >= 0.6 is 23.2 Å². The van der Waals surface area contributed by atoms with E-state index in [9.17, 15) is 9.59 Å². The zero-order valence-corrected chi connectivity index (χ0v) is 15.7. The van der Waals surface area contributed by atoms with Crippen LogP contribution in [-0.2, 0) is 9.59 Å². The second-order valence-electron chi connectivity index (χ2n) is 6.15. The average Bonchev–Trinajstić information content (AvgIpc) is 2.60. The standard InChI is InChI=1S/C18H24Cl2N2O2/c1-3-22(4-2)18(24)13-10-8-12(9-11-13)17(23)21-15-7-5-6-14(19)16(15)20/h5-7,12-13H,3-4,8-11H2,1-2H3,(H,21,23). The Labute approximate surface area is 153 Å². The lowest BCUT2D eigenvalue weighted by Gasteiger charge is -2.30. The lowest BCUT2D eigenvalue weighted by Crippen LogP contribution is -2.38. The number of nitrogens with one attached hydrogen (secondary N) is 1. The summed E-state index contributed by atoms with van der Waals surface area (Å²) in [7, 11) is 0. The highest BCUT2D eigenvalue weighted by Gasteiger charge is 2.31. The Morgan fingerprint density at radius 3 is 2.25 bits per heavy atom. The molecule has 2 rings (SSSR count). The van der Waals surface area contributed by atoms with Gasteiger partial charge in [0.25, 0.3) is 0 Å². The van der Waals surface area contributed by atoms with Gasteiger partial charge in [-0.1, -0.05) is 29.3 Å². The number of halogens is 2. The number of carbonyl (C=O) groups excluding carboxylic acids is 2. The van der Waals surface area contributed by atoms with E-state index in [4.69, 9.17) is 23.2 Å². The maximum atomic E-state index is 12.4. The van der Waals surface area contributed by atoms with Crippen molar-refractivity contribution in [1.29, 1.82) is 0 Å². The topological polar surface area (TPSA) is 49.4 Å². The Bertz CT molecular complexity index is 595. The Morgan fingerprint density at radius 1 is 1.08 bits per heavy atom. The van der Waals surface area contributed by atoms with Crippen molar-refractivity contribution in [3.05, 3.63) is 28.2 Å². The number of amides is 2. The Kier molecular flexibility index (Phi) is 6.93. The number of carbonyl (C=O) groups is 2. The van der Waals surface area contributed by atoms with Gasteiger partial charge in [-0.3, -0.25) is 9.59 Å². The minimum Gasteiger partial charge on any atom is -0.343 e. The summed E-state index contributed by atoms with van der Waals surface area (Å²) in [5.41, 5.74) is 0.538. The third kappa shape index (κ3) is 4.42. The fourth-order valence-corrected chi connectivity index (χ4v) is 3.58. The smallest absolute Gasteiger partial charge is 0.227 e. The van der Waals surface area contributed by atoms with E-state index in [1.807, 2.05) is 18.7 Å². The van der Waals surface area contributed by atoms with Crippen LogP contribution in [0.3, 0.4) is 0 Å². The van der Waals surface area contributed by atoms with Crippen LogP contribution in [0.15, 0.2) is 18.2 Å². The van der Waals surface area contributed by atoms with Gasteiger partial charge in [-0.05, 0) is 51.7 Å². The van der Waals surface area contributed by atoms with Gasteiger partial charge in [0.2, 0.25) is 11.8 Å². The minimum absolute atomic E-state index is 0.0451. The molecule has 1 aliphatic carbocycles. The van der Waals surface area contributed by atoms with Gasteiger partial charge < -0.3 is 10.2 Å². The van der Waals surface area contributed by atoms with Crippen molar-refractivity contribution in [2.75, 3.05) is 18.4 Å². The van der Waals surface area contributed by atoms with E-state index in [2.05, 4.69) is 5.32 Å². The number of rotatable bonds is 5. The summed E-state index contributed by atoms with van der Waals surface area (Å²) >= 11 is 12.1. The third-order valence-electron chi connectivity index (χ3n) is 4.73. The lowest BCUT2D eigenvalue weighted by atomic mass is 9.81. The molecule has 24 heavy (non-hydrogen) atoms. The van der Waals surface area contributed by atoms with Crippen LogP contribution in [-0.4, -0.2) is 29.8 Å². The lowest BCUT2D eigenvalue weighted by molar-refractivity contribution is -0.137. The van der Waals surface area contributed by atoms with E-state index in [0.29, 0.717) is 15.7 Å². The van der Waals surface area contributed by atoms with E-state index < -0.39 is 0 Å². The molecule has 1 saturated carbocycles. The molecule has 1 N–H and O–H groups in total. The number of nitrogens with zero attached hydrogens (tertiary/aromatic N) is 1. The monoisotopic (exact) mass is 370 g/mol. The van der Waals surface area contributed by atoms with Gasteiger partial charge in [0.1, 0.15) is 0 Å². The van der Waals surface area contributed by atoms with Crippen LogP contribution in [0.25, 0.3) is 0 Å². The zero-order valence-electron chi connectivity index (χ0n) is 14.1. The number of anilines is 1. The van der Waals surface area contributed by atoms with E-state index in [1.165, 1.54) is 0 Å². The molecule has 0 heterocycles. The van der Waals surface area contributed by atoms with Crippen molar-refractivity contribution in [3.63, 3.8) is 0 Å². The van der Waals surface area contributed by atoms with Crippen LogP contribution in [0.4, 0.5) is 5.69 Å². The molecule has 0 saturated heterocycles. The molecule has 2 amide bonds. The third-order valence-corrected chi connectivity index (χ3v) is 5.55. The van der Waals surface area contributed by atoms with E-state index in [0.717, 1.165) is 38.8 Å². The van der Waals surface area contributed by atoms with Crippen LogP contribution in [0, 0.1) is 11.8 Å². The molecular weight excluding hydrogens is 347 g/mol. The molecular formula is C18H24Cl2N2O2. The molecule has 1 fully saturated rings. The first-order valence-corrected chi connectivity index (χ1v) is 9.27. The molecule has 1 aromatic rings. The highest BCUT2D eigenvalue weighted by Crippen LogP contribution is 2.33. The molecule has 0 aliphatic heterocycles. The minimum atomic E-state index is -0.0826. The molecule has 0 unspecified atom stereocenters. The first kappa shape index (κ1) is 19.1. The molecule has 0 aromatic heterocycles. The summed E-state index contributed by atoms with van der Waals surface area (Å²) in [6.45, 7) is 5.47. The highest BCUT2D eigenvalue weighted by molar-refractivity contribution is 6.44. The molecule has 0 radical (unpaired) electrons. The van der Waals surface area contributed by atoms with Gasteiger partial charge >= 0.3 is 0 Å². The molecule has 6 heteroatoms. The van der Waals surface area contributed by atoms with Crippen LogP contribution in [0.1, 0.15) is 39.5 Å². The van der Waals surface area contributed by atoms with Gasteiger partial charge in [-0.2, -0.15) is 0 Å². The second-order valence-corrected chi connectivity index (χ2v) is 6.93. The molecule has 0 bridgehead atoms. The summed E-state index contributed by atoms with van der Waals surface area (Å²) in [5.74, 6) is 0.133. The quantitative estimate of drug-likeness (QED) is 0.822. The molecule has 0 atom stereocenters. The highest BCUT2D eigenvalue weighted by atomic mass is 35.5. The summed E-state index contributed by atoms with van der Waals surface area (Å²) in [5, 5.41) is 3.64. The van der Waals surface area contributed by atoms with Crippen molar-refractivity contribution >= 4 is 40.7 Å². The van der Waals surface area contributed by atoms with Crippen molar-refractivity contribution in [3.8, 4) is 0 Å². The van der Waals surface area contributed by atoms with Gasteiger partial charge in [0, 0.05) is 24.9 Å². The van der Waals surface area contributed by atoms with Crippen LogP contribution < -0.4 is 5.32 Å². The zero-order chi connectivity index (χ0) is 17.7. The van der Waals surface area contributed by atoms with Gasteiger partial charge in [-0.15, -0.1) is 0 Å². The Balaban J connectivity index is 1.91. The Hall–Kier alpha value is -1.26. The normalized spacial score (nSPS) is 20.5.